The van der Waals surface area contributed by atoms with E-state index in [1.807, 2.05) is 21.6 Å². The molecule has 3 aliphatic rings. The topological polar surface area (TPSA) is 40.6 Å². The predicted octanol–water partition coefficient (Wildman–Crippen LogP) is 3.10. The molecule has 2 amide bonds. The normalized spacial score (nSPS) is 25.8. The second kappa shape index (κ2) is 8.03. The van der Waals surface area contributed by atoms with E-state index < -0.39 is 0 Å². The van der Waals surface area contributed by atoms with Crippen LogP contribution in [0.4, 0.5) is 0 Å². The van der Waals surface area contributed by atoms with Gasteiger partial charge in [0.2, 0.25) is 11.8 Å². The zero-order chi connectivity index (χ0) is 17.9. The van der Waals surface area contributed by atoms with Gasteiger partial charge in [-0.25, -0.2) is 0 Å². The molecule has 1 aromatic carbocycles. The van der Waals surface area contributed by atoms with E-state index in [0.717, 1.165) is 63.2 Å². The van der Waals surface area contributed by atoms with Gasteiger partial charge in [-0.3, -0.25) is 9.59 Å². The first kappa shape index (κ1) is 17.9. The Morgan fingerprint density at radius 1 is 1.08 bits per heavy atom. The van der Waals surface area contributed by atoms with Crippen LogP contribution in [-0.2, 0) is 22.4 Å². The Bertz CT molecular complexity index is 672. The Balaban J connectivity index is 1.40. The summed E-state index contributed by atoms with van der Waals surface area (Å²) >= 11 is 1.81. The molecule has 140 valence electrons. The maximum absolute atomic E-state index is 13.1. The van der Waals surface area contributed by atoms with E-state index >= 15 is 0 Å². The molecule has 2 saturated heterocycles. The number of nitrogens with zero attached hydrogens (tertiary/aromatic N) is 2. The number of hydrogen-bond acceptors (Lipinski definition) is 3. The molecule has 1 aliphatic carbocycles. The average Bonchev–Trinajstić information content (AvgIpc) is 3.22. The van der Waals surface area contributed by atoms with Crippen LogP contribution in [0, 0.1) is 5.92 Å². The largest absolute Gasteiger partial charge is 0.331 e. The Kier molecular flexibility index (Phi) is 5.53. The summed E-state index contributed by atoms with van der Waals surface area (Å²) in [5.41, 5.74) is 2.84. The van der Waals surface area contributed by atoms with Crippen LogP contribution in [0.3, 0.4) is 0 Å². The van der Waals surface area contributed by atoms with Crippen LogP contribution in [0.5, 0.6) is 0 Å². The van der Waals surface area contributed by atoms with Crippen LogP contribution in [-0.4, -0.2) is 52.4 Å². The van der Waals surface area contributed by atoms with Crippen LogP contribution < -0.4 is 0 Å². The highest BCUT2D eigenvalue weighted by atomic mass is 32.2. The standard InChI is InChI=1S/C21H28N2O2S/c24-20(14-16-8-9-17-5-1-2-6-18(17)13-16)23-10-4-3-7-19(23)21(25)22-11-12-26-15-22/h1-2,5-6,16,19H,3-4,7-15H2. The Morgan fingerprint density at radius 2 is 1.92 bits per heavy atom. The van der Waals surface area contributed by atoms with Crippen LogP contribution >= 0.6 is 11.8 Å². The third kappa shape index (κ3) is 3.78. The van der Waals surface area contributed by atoms with Crippen molar-refractivity contribution in [3.05, 3.63) is 35.4 Å². The van der Waals surface area contributed by atoms with Crippen molar-refractivity contribution in [2.45, 2.75) is 51.0 Å². The number of fused-ring (bicyclic) bond motifs is 1. The monoisotopic (exact) mass is 372 g/mol. The fourth-order valence-electron chi connectivity index (χ4n) is 4.60. The van der Waals surface area contributed by atoms with Gasteiger partial charge in [0.05, 0.1) is 5.88 Å². The highest BCUT2D eigenvalue weighted by Gasteiger charge is 2.36. The number of amides is 2. The number of hydrogen-bond donors (Lipinski definition) is 0. The molecule has 2 heterocycles. The van der Waals surface area contributed by atoms with Crippen molar-refractivity contribution in [1.29, 1.82) is 0 Å². The molecular formula is C21H28N2O2S. The first-order valence-corrected chi connectivity index (χ1v) is 11.1. The molecule has 0 radical (unpaired) electrons. The van der Waals surface area contributed by atoms with Crippen molar-refractivity contribution in [2.24, 2.45) is 5.92 Å². The first-order valence-electron chi connectivity index (χ1n) is 9.95. The maximum Gasteiger partial charge on any atom is 0.246 e. The Morgan fingerprint density at radius 3 is 2.73 bits per heavy atom. The lowest BCUT2D eigenvalue weighted by Crippen LogP contribution is -2.52. The maximum atomic E-state index is 13.1. The molecule has 1 aromatic rings. The quantitative estimate of drug-likeness (QED) is 0.819. The van der Waals surface area contributed by atoms with Gasteiger partial charge in [-0.1, -0.05) is 24.3 Å². The number of benzene rings is 1. The third-order valence-corrected chi connectivity index (χ3v) is 7.05. The minimum atomic E-state index is -0.217. The van der Waals surface area contributed by atoms with Crippen molar-refractivity contribution >= 4 is 23.6 Å². The summed E-state index contributed by atoms with van der Waals surface area (Å²) < 4.78 is 0. The summed E-state index contributed by atoms with van der Waals surface area (Å²) in [6, 6.07) is 8.39. The summed E-state index contributed by atoms with van der Waals surface area (Å²) in [6.07, 6.45) is 6.65. The number of carbonyl (C=O) groups is 2. The number of carbonyl (C=O) groups excluding carboxylic acids is 2. The average molecular weight is 373 g/mol. The van der Waals surface area contributed by atoms with E-state index in [1.165, 1.54) is 11.1 Å². The first-order chi connectivity index (χ1) is 12.7. The fourth-order valence-corrected chi connectivity index (χ4v) is 5.55. The lowest BCUT2D eigenvalue weighted by molar-refractivity contribution is -0.147. The number of rotatable bonds is 3. The number of thioether (sulfide) groups is 1. The van der Waals surface area contributed by atoms with Crippen molar-refractivity contribution in [3.63, 3.8) is 0 Å². The number of likely N-dealkylation sites (tertiary alicyclic amines) is 1. The molecule has 0 aromatic heterocycles. The second-order valence-corrected chi connectivity index (χ2v) is 8.89. The van der Waals surface area contributed by atoms with E-state index in [-0.39, 0.29) is 17.9 Å². The minimum absolute atomic E-state index is 0.178. The molecule has 0 bridgehead atoms. The van der Waals surface area contributed by atoms with Gasteiger partial charge in [0, 0.05) is 25.3 Å². The fraction of sp³-hybridized carbons (Fsp3) is 0.619. The van der Waals surface area contributed by atoms with E-state index in [0.29, 0.717) is 12.3 Å². The molecule has 2 aliphatic heterocycles. The van der Waals surface area contributed by atoms with E-state index in [2.05, 4.69) is 24.3 Å². The lowest BCUT2D eigenvalue weighted by atomic mass is 9.82. The number of aryl methyl sites for hydroxylation is 1. The van der Waals surface area contributed by atoms with Gasteiger partial charge < -0.3 is 9.80 Å². The van der Waals surface area contributed by atoms with Crippen LogP contribution in [0.15, 0.2) is 24.3 Å². The van der Waals surface area contributed by atoms with Gasteiger partial charge in [0.1, 0.15) is 6.04 Å². The van der Waals surface area contributed by atoms with E-state index in [9.17, 15) is 9.59 Å². The SMILES string of the molecule is O=C(C1CCCCN1C(=O)CC1CCc2ccccc2C1)N1CCSC1. The predicted molar refractivity (Wildman–Crippen MR) is 105 cm³/mol. The van der Waals surface area contributed by atoms with E-state index in [4.69, 9.17) is 0 Å². The van der Waals surface area contributed by atoms with Crippen molar-refractivity contribution in [1.82, 2.24) is 9.80 Å². The summed E-state index contributed by atoms with van der Waals surface area (Å²) in [5, 5.41) is 0. The molecule has 0 N–H and O–H groups in total. The van der Waals surface area contributed by atoms with Crippen LogP contribution in [0.1, 0.15) is 43.2 Å². The zero-order valence-corrected chi connectivity index (χ0v) is 16.2. The summed E-state index contributed by atoms with van der Waals surface area (Å²) in [7, 11) is 0. The molecule has 0 saturated carbocycles. The minimum Gasteiger partial charge on any atom is -0.331 e. The summed E-state index contributed by atoms with van der Waals surface area (Å²) in [5.74, 6) is 2.60. The molecular weight excluding hydrogens is 344 g/mol. The van der Waals surface area contributed by atoms with Gasteiger partial charge in [0.25, 0.3) is 0 Å². The van der Waals surface area contributed by atoms with Gasteiger partial charge >= 0.3 is 0 Å². The zero-order valence-electron chi connectivity index (χ0n) is 15.4. The van der Waals surface area contributed by atoms with Crippen LogP contribution in [0.2, 0.25) is 0 Å². The molecule has 2 unspecified atom stereocenters. The Hall–Kier alpha value is -1.49. The highest BCUT2D eigenvalue weighted by molar-refractivity contribution is 7.99. The highest BCUT2D eigenvalue weighted by Crippen LogP contribution is 2.29. The lowest BCUT2D eigenvalue weighted by Gasteiger charge is -2.37. The van der Waals surface area contributed by atoms with Crippen molar-refractivity contribution in [3.8, 4) is 0 Å². The molecule has 26 heavy (non-hydrogen) atoms. The van der Waals surface area contributed by atoms with Gasteiger partial charge in [0.15, 0.2) is 0 Å². The third-order valence-electron chi connectivity index (χ3n) is 6.08. The van der Waals surface area contributed by atoms with Crippen molar-refractivity contribution in [2.75, 3.05) is 24.7 Å². The molecule has 4 rings (SSSR count). The van der Waals surface area contributed by atoms with Gasteiger partial charge in [-0.2, -0.15) is 0 Å². The van der Waals surface area contributed by atoms with Crippen molar-refractivity contribution < 1.29 is 9.59 Å². The van der Waals surface area contributed by atoms with Crippen LogP contribution in [0.25, 0.3) is 0 Å². The molecule has 5 heteroatoms. The van der Waals surface area contributed by atoms with Gasteiger partial charge in [-0.15, -0.1) is 11.8 Å². The molecule has 2 fully saturated rings. The summed E-state index contributed by atoms with van der Waals surface area (Å²) in [6.45, 7) is 1.58. The molecule has 2 atom stereocenters. The van der Waals surface area contributed by atoms with Gasteiger partial charge in [-0.05, 0) is 55.6 Å². The number of piperidine rings is 1. The Labute approximate surface area is 160 Å². The molecule has 4 nitrogen and oxygen atoms in total. The smallest absolute Gasteiger partial charge is 0.246 e. The summed E-state index contributed by atoms with van der Waals surface area (Å²) in [4.78, 5) is 29.8. The second-order valence-electron chi connectivity index (χ2n) is 7.82. The van der Waals surface area contributed by atoms with E-state index in [1.54, 1.807) is 0 Å². The molecule has 0 spiro atoms.